The molecule has 0 aromatic heterocycles. The molecule has 0 saturated heterocycles. The second-order valence-corrected chi connectivity index (χ2v) is 7.71. The van der Waals surface area contributed by atoms with Crippen LogP contribution in [0.15, 0.2) is 0 Å². The van der Waals surface area contributed by atoms with Crippen molar-refractivity contribution in [2.24, 2.45) is 5.92 Å². The third-order valence-corrected chi connectivity index (χ3v) is 4.57. The molecule has 2 rings (SSSR count). The molecule has 0 radical (unpaired) electrons. The van der Waals surface area contributed by atoms with Gasteiger partial charge in [0, 0.05) is 24.2 Å². The minimum atomic E-state index is -0.0520. The highest BCUT2D eigenvalue weighted by atomic mass is 16.3. The molecule has 3 heteroatoms. The largest absolute Gasteiger partial charge is 0.394 e. The molecule has 0 aromatic carbocycles. The monoisotopic (exact) mass is 282 g/mol. The summed E-state index contributed by atoms with van der Waals surface area (Å²) in [7, 11) is 0. The zero-order chi connectivity index (χ0) is 14.6. The van der Waals surface area contributed by atoms with E-state index < -0.39 is 0 Å². The molecule has 0 bridgehead atoms. The van der Waals surface area contributed by atoms with E-state index >= 15 is 0 Å². The smallest absolute Gasteiger partial charge is 0.0610 e. The van der Waals surface area contributed by atoms with Crippen molar-refractivity contribution in [2.45, 2.75) is 83.3 Å². The maximum absolute atomic E-state index is 9.61. The molecule has 3 nitrogen and oxygen atoms in total. The van der Waals surface area contributed by atoms with Crippen molar-refractivity contribution in [2.75, 3.05) is 19.7 Å². The van der Waals surface area contributed by atoms with Gasteiger partial charge in [0.05, 0.1) is 6.61 Å². The molecule has 2 aliphatic rings. The van der Waals surface area contributed by atoms with Crippen LogP contribution in [0.4, 0.5) is 0 Å². The molecular weight excluding hydrogens is 248 g/mol. The fraction of sp³-hybridized carbons (Fsp3) is 1.00. The normalized spacial score (nSPS) is 22.5. The number of rotatable bonds is 11. The molecule has 0 spiro atoms. The lowest BCUT2D eigenvalue weighted by molar-refractivity contribution is 0.157. The number of aliphatic hydroxyl groups excluding tert-OH is 1. The van der Waals surface area contributed by atoms with Crippen LogP contribution in [-0.2, 0) is 0 Å². The van der Waals surface area contributed by atoms with Crippen molar-refractivity contribution >= 4 is 0 Å². The molecule has 0 amide bonds. The fourth-order valence-corrected chi connectivity index (χ4v) is 3.08. The first-order valence-electron chi connectivity index (χ1n) is 8.65. The van der Waals surface area contributed by atoms with E-state index in [9.17, 15) is 5.11 Å². The molecule has 0 aromatic rings. The van der Waals surface area contributed by atoms with Crippen molar-refractivity contribution in [3.05, 3.63) is 0 Å². The highest BCUT2D eigenvalue weighted by Crippen LogP contribution is 2.28. The Hall–Kier alpha value is -0.120. The van der Waals surface area contributed by atoms with Gasteiger partial charge in [-0.2, -0.15) is 0 Å². The molecule has 118 valence electrons. The van der Waals surface area contributed by atoms with E-state index in [-0.39, 0.29) is 12.1 Å². The summed E-state index contributed by atoms with van der Waals surface area (Å²) in [6.45, 7) is 9.57. The Morgan fingerprint density at radius 3 is 2.40 bits per heavy atom. The molecule has 0 heterocycles. The van der Waals surface area contributed by atoms with Crippen LogP contribution < -0.4 is 5.32 Å². The Morgan fingerprint density at radius 1 is 1.20 bits per heavy atom. The fourth-order valence-electron chi connectivity index (χ4n) is 3.08. The van der Waals surface area contributed by atoms with Crippen LogP contribution in [0.2, 0.25) is 0 Å². The molecule has 2 fully saturated rings. The second kappa shape index (κ2) is 7.24. The Bertz CT molecular complexity index is 287. The highest BCUT2D eigenvalue weighted by Gasteiger charge is 2.32. The zero-order valence-corrected chi connectivity index (χ0v) is 13.7. The molecule has 2 aliphatic carbocycles. The molecular formula is C17H34N2O. The number of aliphatic hydroxyl groups is 1. The molecule has 2 N–H and O–H groups in total. The van der Waals surface area contributed by atoms with Crippen LogP contribution >= 0.6 is 0 Å². The summed E-state index contributed by atoms with van der Waals surface area (Å²) in [6.07, 6.45) is 8.98. The van der Waals surface area contributed by atoms with Crippen molar-refractivity contribution in [1.29, 1.82) is 0 Å². The Balaban J connectivity index is 1.63. The third kappa shape index (κ3) is 5.71. The predicted octanol–water partition coefficient (Wildman–Crippen LogP) is 2.78. The average molecular weight is 282 g/mol. The van der Waals surface area contributed by atoms with E-state index in [1.807, 2.05) is 0 Å². The second-order valence-electron chi connectivity index (χ2n) is 7.71. The Morgan fingerprint density at radius 2 is 1.90 bits per heavy atom. The van der Waals surface area contributed by atoms with Gasteiger partial charge < -0.3 is 15.3 Å². The van der Waals surface area contributed by atoms with Gasteiger partial charge in [-0.05, 0) is 57.9 Å². The summed E-state index contributed by atoms with van der Waals surface area (Å²) in [5, 5.41) is 13.2. The molecule has 20 heavy (non-hydrogen) atoms. The van der Waals surface area contributed by atoms with Crippen LogP contribution in [0.25, 0.3) is 0 Å². The molecule has 2 saturated carbocycles. The van der Waals surface area contributed by atoms with Gasteiger partial charge in [0.2, 0.25) is 0 Å². The quantitative estimate of drug-likeness (QED) is 0.572. The van der Waals surface area contributed by atoms with Gasteiger partial charge in [0.15, 0.2) is 0 Å². The van der Waals surface area contributed by atoms with E-state index in [4.69, 9.17) is 0 Å². The van der Waals surface area contributed by atoms with Crippen molar-refractivity contribution < 1.29 is 5.11 Å². The van der Waals surface area contributed by atoms with Crippen molar-refractivity contribution in [3.63, 3.8) is 0 Å². The maximum Gasteiger partial charge on any atom is 0.0610 e. The lowest BCUT2D eigenvalue weighted by Gasteiger charge is -2.30. The summed E-state index contributed by atoms with van der Waals surface area (Å²) in [6, 6.07) is 1.56. The van der Waals surface area contributed by atoms with Crippen molar-refractivity contribution in [3.8, 4) is 0 Å². The van der Waals surface area contributed by atoms with Gasteiger partial charge >= 0.3 is 0 Å². The summed E-state index contributed by atoms with van der Waals surface area (Å²) in [5.41, 5.74) is -0.0520. The lowest BCUT2D eigenvalue weighted by Crippen LogP contribution is -2.47. The molecule has 1 atom stereocenters. The lowest BCUT2D eigenvalue weighted by atomic mass is 9.95. The predicted molar refractivity (Wildman–Crippen MR) is 84.9 cm³/mol. The first kappa shape index (κ1) is 16.3. The number of nitrogens with zero attached hydrogens (tertiary/aromatic N) is 1. The molecule has 0 aliphatic heterocycles. The summed E-state index contributed by atoms with van der Waals surface area (Å²) >= 11 is 0. The number of hydrogen-bond donors (Lipinski definition) is 2. The van der Waals surface area contributed by atoms with Gasteiger partial charge in [-0.15, -0.1) is 0 Å². The topological polar surface area (TPSA) is 35.5 Å². The average Bonchev–Trinajstić information content (AvgIpc) is 3.25. The highest BCUT2D eigenvalue weighted by molar-refractivity contribution is 4.92. The summed E-state index contributed by atoms with van der Waals surface area (Å²) < 4.78 is 0. The minimum absolute atomic E-state index is 0.0520. The van der Waals surface area contributed by atoms with Gasteiger partial charge in [-0.1, -0.05) is 20.3 Å². The standard InChI is InChI=1S/C17H34N2O/c1-14(2)12-19(16-8-9-16)11-5-4-10-17(3,13-20)18-15-6-7-15/h14-16,18,20H,4-13H2,1-3H3. The maximum atomic E-state index is 9.61. The van der Waals surface area contributed by atoms with E-state index in [1.54, 1.807) is 0 Å². The zero-order valence-electron chi connectivity index (χ0n) is 13.7. The summed E-state index contributed by atoms with van der Waals surface area (Å²) in [4.78, 5) is 2.69. The summed E-state index contributed by atoms with van der Waals surface area (Å²) in [5.74, 6) is 0.773. The van der Waals surface area contributed by atoms with Gasteiger partial charge in [-0.25, -0.2) is 0 Å². The van der Waals surface area contributed by atoms with Crippen molar-refractivity contribution in [1.82, 2.24) is 10.2 Å². The van der Waals surface area contributed by atoms with Crippen LogP contribution in [-0.4, -0.2) is 47.3 Å². The first-order chi connectivity index (χ1) is 9.52. The Labute approximate surface area is 125 Å². The van der Waals surface area contributed by atoms with Gasteiger partial charge in [0.25, 0.3) is 0 Å². The van der Waals surface area contributed by atoms with E-state index in [2.05, 4.69) is 31.0 Å². The SMILES string of the molecule is CC(C)CN(CCCCC(C)(CO)NC1CC1)C1CC1. The van der Waals surface area contributed by atoms with E-state index in [1.165, 1.54) is 51.6 Å². The van der Waals surface area contributed by atoms with E-state index in [0.717, 1.165) is 18.4 Å². The van der Waals surface area contributed by atoms with Crippen LogP contribution in [0.5, 0.6) is 0 Å². The van der Waals surface area contributed by atoms with E-state index in [0.29, 0.717) is 6.04 Å². The number of unbranched alkanes of at least 4 members (excludes halogenated alkanes) is 1. The molecule has 1 unspecified atom stereocenters. The number of nitrogens with one attached hydrogen (secondary N) is 1. The number of hydrogen-bond acceptors (Lipinski definition) is 3. The van der Waals surface area contributed by atoms with Crippen LogP contribution in [0.3, 0.4) is 0 Å². The third-order valence-electron chi connectivity index (χ3n) is 4.57. The first-order valence-corrected chi connectivity index (χ1v) is 8.65. The minimum Gasteiger partial charge on any atom is -0.394 e. The Kier molecular flexibility index (Phi) is 5.88. The van der Waals surface area contributed by atoms with Gasteiger partial charge in [-0.3, -0.25) is 0 Å². The van der Waals surface area contributed by atoms with Gasteiger partial charge in [0.1, 0.15) is 0 Å². The van der Waals surface area contributed by atoms with Crippen LogP contribution in [0, 0.1) is 5.92 Å². The van der Waals surface area contributed by atoms with Crippen LogP contribution in [0.1, 0.15) is 65.7 Å².